The van der Waals surface area contributed by atoms with Crippen LogP contribution < -0.4 is 0 Å². The zero-order valence-corrected chi connectivity index (χ0v) is 16.2. The van der Waals surface area contributed by atoms with Crippen molar-refractivity contribution in [2.75, 3.05) is 32.1 Å². The Morgan fingerprint density at radius 1 is 1.15 bits per heavy atom. The summed E-state index contributed by atoms with van der Waals surface area (Å²) in [5, 5.41) is 3.09. The fourth-order valence-electron chi connectivity index (χ4n) is 3.67. The molecule has 3 amide bonds. The normalized spacial score (nSPS) is 21.0. The van der Waals surface area contributed by atoms with E-state index in [4.69, 9.17) is 0 Å². The molecule has 0 saturated carbocycles. The highest BCUT2D eigenvalue weighted by Gasteiger charge is 2.37. The van der Waals surface area contributed by atoms with Crippen LogP contribution in [-0.4, -0.2) is 79.2 Å². The van der Waals surface area contributed by atoms with Crippen LogP contribution in [0.3, 0.4) is 0 Å². The average Bonchev–Trinajstić information content (AvgIpc) is 3.07. The number of nitrogens with zero attached hydrogens (tertiary/aromatic N) is 3. The molecule has 0 radical (unpaired) electrons. The van der Waals surface area contributed by atoms with E-state index in [1.54, 1.807) is 43.4 Å². The second kappa shape index (κ2) is 7.40. The highest BCUT2D eigenvalue weighted by Crippen LogP contribution is 2.23. The molecule has 2 aliphatic heterocycles. The van der Waals surface area contributed by atoms with Crippen LogP contribution in [0.1, 0.15) is 40.0 Å². The highest BCUT2D eigenvalue weighted by molar-refractivity contribution is 7.91. The summed E-state index contributed by atoms with van der Waals surface area (Å²) in [6, 6.07) is 6.30. The average molecular weight is 393 g/mol. The first-order chi connectivity index (χ1) is 12.7. The molecule has 0 bridgehead atoms. The van der Waals surface area contributed by atoms with Crippen molar-refractivity contribution >= 4 is 27.6 Å². The number of rotatable bonds is 6. The molecular formula is C18H23N3O5S. The number of benzene rings is 1. The van der Waals surface area contributed by atoms with Gasteiger partial charge in [0, 0.05) is 27.1 Å². The molecule has 0 N–H and O–H groups in total. The zero-order valence-electron chi connectivity index (χ0n) is 15.4. The smallest absolute Gasteiger partial charge is 0.261 e. The van der Waals surface area contributed by atoms with Crippen LogP contribution in [0.2, 0.25) is 0 Å². The molecule has 1 aromatic carbocycles. The molecule has 1 aromatic rings. The second-order valence-corrected chi connectivity index (χ2v) is 9.28. The Morgan fingerprint density at radius 2 is 1.74 bits per heavy atom. The van der Waals surface area contributed by atoms with Crippen molar-refractivity contribution in [1.82, 2.24) is 14.9 Å². The van der Waals surface area contributed by atoms with E-state index in [1.165, 1.54) is 5.01 Å². The quantitative estimate of drug-likeness (QED) is 0.518. The lowest BCUT2D eigenvalue weighted by Crippen LogP contribution is -2.49. The number of carbonyl (C=O) groups is 3. The molecule has 8 nitrogen and oxygen atoms in total. The maximum Gasteiger partial charge on any atom is 0.261 e. The number of imide groups is 1. The molecule has 146 valence electrons. The van der Waals surface area contributed by atoms with Crippen molar-refractivity contribution in [3.63, 3.8) is 0 Å². The first-order valence-corrected chi connectivity index (χ1v) is 10.7. The minimum Gasteiger partial charge on any atom is -0.274 e. The summed E-state index contributed by atoms with van der Waals surface area (Å²) in [5.74, 6) is -0.831. The maximum absolute atomic E-state index is 12.6. The molecule has 1 atom stereocenters. The first-order valence-electron chi connectivity index (χ1n) is 8.86. The summed E-state index contributed by atoms with van der Waals surface area (Å²) in [6.45, 7) is 0.155. The minimum atomic E-state index is -3.10. The number of hydrazine groups is 1. The fourth-order valence-corrected chi connectivity index (χ4v) is 5.36. The Balaban J connectivity index is 1.59. The van der Waals surface area contributed by atoms with E-state index >= 15 is 0 Å². The molecule has 1 saturated heterocycles. The molecule has 0 aliphatic carbocycles. The standard InChI is InChI=1S/C18H23N3O5S/c1-19(2)21(13-9-11-27(25,26)12-13)16(22)8-5-10-20-17(23)14-6-3-4-7-15(14)18(20)24/h3-4,6-7,13H,5,8-12H2,1-2H3/t13-/m0/s1. The van der Waals surface area contributed by atoms with Gasteiger partial charge in [-0.05, 0) is 25.0 Å². The fraction of sp³-hybridized carbons (Fsp3) is 0.500. The predicted octanol–water partition coefficient (Wildman–Crippen LogP) is 0.555. The van der Waals surface area contributed by atoms with Crippen molar-refractivity contribution in [2.24, 2.45) is 0 Å². The number of amides is 3. The number of fused-ring (bicyclic) bond motifs is 1. The third-order valence-corrected chi connectivity index (χ3v) is 6.64. The summed E-state index contributed by atoms with van der Waals surface area (Å²) in [4.78, 5) is 38.5. The van der Waals surface area contributed by atoms with E-state index in [2.05, 4.69) is 0 Å². The Labute approximate surface area is 158 Å². The SMILES string of the molecule is CN(C)N(C(=O)CCCN1C(=O)c2ccccc2C1=O)[C@H]1CCS(=O)(=O)C1. The van der Waals surface area contributed by atoms with Crippen molar-refractivity contribution in [3.8, 4) is 0 Å². The Hall–Kier alpha value is -2.26. The van der Waals surface area contributed by atoms with E-state index < -0.39 is 9.84 Å². The molecule has 3 rings (SSSR count). The van der Waals surface area contributed by atoms with Crippen LogP contribution in [0.5, 0.6) is 0 Å². The van der Waals surface area contributed by atoms with Crippen LogP contribution in [0.15, 0.2) is 24.3 Å². The van der Waals surface area contributed by atoms with Crippen LogP contribution in [0.25, 0.3) is 0 Å². The molecule has 2 heterocycles. The summed E-state index contributed by atoms with van der Waals surface area (Å²) in [7, 11) is 0.298. The largest absolute Gasteiger partial charge is 0.274 e. The van der Waals surface area contributed by atoms with Gasteiger partial charge >= 0.3 is 0 Å². The molecule has 2 aliphatic rings. The number of carbonyl (C=O) groups excluding carboxylic acids is 3. The molecule has 1 fully saturated rings. The highest BCUT2D eigenvalue weighted by atomic mass is 32.2. The van der Waals surface area contributed by atoms with Crippen molar-refractivity contribution in [1.29, 1.82) is 0 Å². The van der Waals surface area contributed by atoms with E-state index in [0.717, 1.165) is 4.90 Å². The van der Waals surface area contributed by atoms with E-state index in [-0.39, 0.29) is 48.2 Å². The minimum absolute atomic E-state index is 0.0324. The van der Waals surface area contributed by atoms with Gasteiger partial charge in [0.2, 0.25) is 5.91 Å². The van der Waals surface area contributed by atoms with Gasteiger partial charge in [-0.25, -0.2) is 13.4 Å². The molecular weight excluding hydrogens is 370 g/mol. The number of hydrogen-bond acceptors (Lipinski definition) is 6. The lowest BCUT2D eigenvalue weighted by molar-refractivity contribution is -0.149. The lowest BCUT2D eigenvalue weighted by atomic mass is 10.1. The zero-order chi connectivity index (χ0) is 19.8. The third-order valence-electron chi connectivity index (χ3n) is 4.89. The van der Waals surface area contributed by atoms with Crippen LogP contribution >= 0.6 is 0 Å². The summed E-state index contributed by atoms with van der Waals surface area (Å²) in [5.41, 5.74) is 0.778. The van der Waals surface area contributed by atoms with Crippen LogP contribution in [0, 0.1) is 0 Å². The van der Waals surface area contributed by atoms with E-state index in [1.807, 2.05) is 0 Å². The summed E-state index contributed by atoms with van der Waals surface area (Å²) >= 11 is 0. The number of sulfone groups is 1. The van der Waals surface area contributed by atoms with Gasteiger partial charge in [-0.1, -0.05) is 12.1 Å². The number of hydrogen-bond donors (Lipinski definition) is 0. The van der Waals surface area contributed by atoms with Gasteiger partial charge in [0.25, 0.3) is 11.8 Å². The van der Waals surface area contributed by atoms with Crippen LogP contribution in [0.4, 0.5) is 0 Å². The van der Waals surface area contributed by atoms with Gasteiger partial charge in [-0.2, -0.15) is 0 Å². The van der Waals surface area contributed by atoms with E-state index in [0.29, 0.717) is 24.0 Å². The molecule has 27 heavy (non-hydrogen) atoms. The third kappa shape index (κ3) is 3.89. The predicted molar refractivity (Wildman–Crippen MR) is 98.6 cm³/mol. The second-order valence-electron chi connectivity index (χ2n) is 7.05. The lowest BCUT2D eigenvalue weighted by Gasteiger charge is -2.34. The van der Waals surface area contributed by atoms with Crippen molar-refractivity contribution in [3.05, 3.63) is 35.4 Å². The Bertz CT molecular complexity index is 846. The maximum atomic E-state index is 12.6. The Morgan fingerprint density at radius 3 is 2.22 bits per heavy atom. The van der Waals surface area contributed by atoms with Gasteiger partial charge in [-0.3, -0.25) is 24.3 Å². The summed E-state index contributed by atoms with van der Waals surface area (Å²) in [6.07, 6.45) is 0.876. The van der Waals surface area contributed by atoms with Gasteiger partial charge < -0.3 is 0 Å². The van der Waals surface area contributed by atoms with E-state index in [9.17, 15) is 22.8 Å². The summed E-state index contributed by atoms with van der Waals surface area (Å²) < 4.78 is 23.4. The first kappa shape index (κ1) is 19.5. The Kier molecular flexibility index (Phi) is 5.34. The molecule has 0 unspecified atom stereocenters. The van der Waals surface area contributed by atoms with Gasteiger partial charge in [0.1, 0.15) is 0 Å². The monoisotopic (exact) mass is 393 g/mol. The molecule has 9 heteroatoms. The van der Waals surface area contributed by atoms with Gasteiger partial charge in [0.05, 0.1) is 28.7 Å². The van der Waals surface area contributed by atoms with Crippen LogP contribution in [-0.2, 0) is 14.6 Å². The van der Waals surface area contributed by atoms with Crippen molar-refractivity contribution < 1.29 is 22.8 Å². The van der Waals surface area contributed by atoms with Crippen molar-refractivity contribution in [2.45, 2.75) is 25.3 Å². The topological polar surface area (TPSA) is 95.1 Å². The van der Waals surface area contributed by atoms with Gasteiger partial charge in [-0.15, -0.1) is 0 Å². The van der Waals surface area contributed by atoms with Gasteiger partial charge in [0.15, 0.2) is 9.84 Å². The molecule has 0 aromatic heterocycles. The molecule has 0 spiro atoms.